The number of hydrazine groups is 1. The average Bonchev–Trinajstić information content (AvgIpc) is 2.76. The molecule has 1 aromatic carbocycles. The molecule has 4 nitrogen and oxygen atoms in total. The van der Waals surface area contributed by atoms with Crippen molar-refractivity contribution >= 4 is 11.5 Å². The molecule has 1 aromatic rings. The zero-order chi connectivity index (χ0) is 11.8. The summed E-state index contributed by atoms with van der Waals surface area (Å²) in [4.78, 5) is 4.47. The van der Waals surface area contributed by atoms with Crippen LogP contribution < -0.4 is 10.7 Å². The Morgan fingerprint density at radius 2 is 2.29 bits per heavy atom. The fraction of sp³-hybridized carbons (Fsp3) is 0.462. The molecule has 0 spiro atoms. The molecular formula is C13H18N4. The summed E-state index contributed by atoms with van der Waals surface area (Å²) in [5.41, 5.74) is 7.13. The molecule has 1 atom stereocenters. The van der Waals surface area contributed by atoms with Crippen LogP contribution in [0.3, 0.4) is 0 Å². The summed E-state index contributed by atoms with van der Waals surface area (Å²) in [7, 11) is 2.00. The average molecular weight is 230 g/mol. The Morgan fingerprint density at radius 3 is 3.06 bits per heavy atom. The standard InChI is InChI=1S/C13H18N4/c1-9-5-6-14-12-4-3-10(7-11(9)12)13-15-8-17(2)16-13/h3-4,7,9,14H,5-6,8H2,1-2H3,(H,15,16). The van der Waals surface area contributed by atoms with E-state index in [1.165, 1.54) is 23.2 Å². The number of nitrogens with one attached hydrogen (secondary N) is 2. The molecular weight excluding hydrogens is 212 g/mol. The van der Waals surface area contributed by atoms with Crippen molar-refractivity contribution in [2.24, 2.45) is 4.99 Å². The first-order valence-electron chi connectivity index (χ1n) is 6.14. The summed E-state index contributed by atoms with van der Waals surface area (Å²) in [6.07, 6.45) is 1.20. The maximum atomic E-state index is 4.47. The van der Waals surface area contributed by atoms with Gasteiger partial charge in [-0.1, -0.05) is 6.92 Å². The second-order valence-electron chi connectivity index (χ2n) is 4.88. The summed E-state index contributed by atoms with van der Waals surface area (Å²) < 4.78 is 0. The number of amidine groups is 1. The number of anilines is 1. The van der Waals surface area contributed by atoms with Crippen molar-refractivity contribution in [2.45, 2.75) is 19.3 Å². The lowest BCUT2D eigenvalue weighted by molar-refractivity contribution is 0.331. The van der Waals surface area contributed by atoms with Crippen molar-refractivity contribution in [2.75, 3.05) is 25.6 Å². The van der Waals surface area contributed by atoms with Crippen LogP contribution in [0.1, 0.15) is 30.4 Å². The lowest BCUT2D eigenvalue weighted by Crippen LogP contribution is -2.32. The summed E-state index contributed by atoms with van der Waals surface area (Å²) >= 11 is 0. The van der Waals surface area contributed by atoms with Gasteiger partial charge in [0.05, 0.1) is 0 Å². The normalized spacial score (nSPS) is 23.6. The Bertz CT molecular complexity index is 466. The minimum atomic E-state index is 0.630. The number of fused-ring (bicyclic) bond motifs is 1. The number of benzene rings is 1. The van der Waals surface area contributed by atoms with Crippen LogP contribution >= 0.6 is 0 Å². The van der Waals surface area contributed by atoms with Crippen molar-refractivity contribution in [1.29, 1.82) is 0 Å². The highest BCUT2D eigenvalue weighted by atomic mass is 15.6. The molecule has 2 aliphatic rings. The first kappa shape index (κ1) is 10.6. The van der Waals surface area contributed by atoms with Gasteiger partial charge >= 0.3 is 0 Å². The Morgan fingerprint density at radius 1 is 1.41 bits per heavy atom. The lowest BCUT2D eigenvalue weighted by Gasteiger charge is -2.24. The molecule has 0 aromatic heterocycles. The van der Waals surface area contributed by atoms with Crippen LogP contribution in [-0.4, -0.2) is 31.1 Å². The molecule has 0 radical (unpaired) electrons. The van der Waals surface area contributed by atoms with Gasteiger partial charge in [0.1, 0.15) is 12.5 Å². The molecule has 0 saturated heterocycles. The van der Waals surface area contributed by atoms with Gasteiger partial charge in [0, 0.05) is 24.8 Å². The van der Waals surface area contributed by atoms with Gasteiger partial charge in [-0.2, -0.15) is 0 Å². The highest BCUT2D eigenvalue weighted by Gasteiger charge is 2.19. The maximum absolute atomic E-state index is 4.47. The predicted molar refractivity (Wildman–Crippen MR) is 70.3 cm³/mol. The predicted octanol–water partition coefficient (Wildman–Crippen LogP) is 1.76. The molecule has 4 heteroatoms. The van der Waals surface area contributed by atoms with E-state index < -0.39 is 0 Å². The van der Waals surface area contributed by atoms with Gasteiger partial charge < -0.3 is 10.7 Å². The van der Waals surface area contributed by atoms with Gasteiger partial charge in [-0.15, -0.1) is 0 Å². The van der Waals surface area contributed by atoms with E-state index in [9.17, 15) is 0 Å². The Labute approximate surface area is 102 Å². The second kappa shape index (κ2) is 4.04. The largest absolute Gasteiger partial charge is 0.385 e. The number of nitrogens with zero attached hydrogens (tertiary/aromatic N) is 2. The zero-order valence-corrected chi connectivity index (χ0v) is 10.3. The highest BCUT2D eigenvalue weighted by molar-refractivity contribution is 5.99. The molecule has 0 bridgehead atoms. The summed E-state index contributed by atoms with van der Waals surface area (Å²) in [5.74, 6) is 1.61. The zero-order valence-electron chi connectivity index (χ0n) is 10.3. The van der Waals surface area contributed by atoms with Crippen LogP contribution in [-0.2, 0) is 0 Å². The summed E-state index contributed by atoms with van der Waals surface area (Å²) in [5, 5.41) is 5.43. The quantitative estimate of drug-likeness (QED) is 0.772. The van der Waals surface area contributed by atoms with E-state index in [0.717, 1.165) is 19.0 Å². The molecule has 90 valence electrons. The van der Waals surface area contributed by atoms with E-state index in [1.807, 2.05) is 12.1 Å². The molecule has 2 aliphatic heterocycles. The van der Waals surface area contributed by atoms with E-state index in [4.69, 9.17) is 0 Å². The second-order valence-corrected chi connectivity index (χ2v) is 4.88. The summed E-state index contributed by atoms with van der Waals surface area (Å²) in [6, 6.07) is 6.56. The molecule has 17 heavy (non-hydrogen) atoms. The minimum Gasteiger partial charge on any atom is -0.385 e. The molecule has 0 saturated carbocycles. The number of hydrogen-bond donors (Lipinski definition) is 2. The van der Waals surface area contributed by atoms with E-state index in [1.54, 1.807) is 0 Å². The SMILES string of the molecule is CC1CCNc2ccc(C3=NCN(C)N3)cc21. The van der Waals surface area contributed by atoms with Gasteiger partial charge in [-0.05, 0) is 36.1 Å². The van der Waals surface area contributed by atoms with Crippen molar-refractivity contribution in [1.82, 2.24) is 10.4 Å². The van der Waals surface area contributed by atoms with E-state index in [0.29, 0.717) is 5.92 Å². The topological polar surface area (TPSA) is 39.7 Å². The van der Waals surface area contributed by atoms with Crippen molar-refractivity contribution in [3.05, 3.63) is 29.3 Å². The lowest BCUT2D eigenvalue weighted by atomic mass is 9.91. The third-order valence-corrected chi connectivity index (χ3v) is 3.49. The fourth-order valence-electron chi connectivity index (χ4n) is 2.44. The minimum absolute atomic E-state index is 0.630. The number of rotatable bonds is 1. The molecule has 2 heterocycles. The number of aliphatic imine (C=N–C) groups is 1. The fourth-order valence-corrected chi connectivity index (χ4v) is 2.44. The van der Waals surface area contributed by atoms with Crippen LogP contribution in [0.25, 0.3) is 0 Å². The van der Waals surface area contributed by atoms with Gasteiger partial charge in [0.15, 0.2) is 0 Å². The van der Waals surface area contributed by atoms with Crippen LogP contribution in [0.15, 0.2) is 23.2 Å². The van der Waals surface area contributed by atoms with Crippen molar-refractivity contribution < 1.29 is 0 Å². The highest BCUT2D eigenvalue weighted by Crippen LogP contribution is 2.31. The van der Waals surface area contributed by atoms with E-state index >= 15 is 0 Å². The molecule has 2 N–H and O–H groups in total. The Kier molecular flexibility index (Phi) is 2.52. The Balaban J connectivity index is 1.95. The van der Waals surface area contributed by atoms with Crippen molar-refractivity contribution in [3.63, 3.8) is 0 Å². The van der Waals surface area contributed by atoms with Gasteiger partial charge in [-0.3, -0.25) is 0 Å². The van der Waals surface area contributed by atoms with E-state index in [2.05, 4.69) is 40.9 Å². The van der Waals surface area contributed by atoms with Crippen LogP contribution in [0, 0.1) is 0 Å². The molecule has 0 fully saturated rings. The third kappa shape index (κ3) is 1.89. The molecule has 0 amide bonds. The summed E-state index contributed by atoms with van der Waals surface area (Å²) in [6.45, 7) is 4.09. The number of hydrogen-bond acceptors (Lipinski definition) is 4. The smallest absolute Gasteiger partial charge is 0.144 e. The molecule has 3 rings (SSSR count). The van der Waals surface area contributed by atoms with Gasteiger partial charge in [0.2, 0.25) is 0 Å². The van der Waals surface area contributed by atoms with Gasteiger partial charge in [-0.25, -0.2) is 10.0 Å². The molecule has 0 aliphatic carbocycles. The maximum Gasteiger partial charge on any atom is 0.144 e. The van der Waals surface area contributed by atoms with Gasteiger partial charge in [0.25, 0.3) is 0 Å². The van der Waals surface area contributed by atoms with Crippen LogP contribution in [0.4, 0.5) is 5.69 Å². The van der Waals surface area contributed by atoms with Crippen LogP contribution in [0.5, 0.6) is 0 Å². The first-order valence-corrected chi connectivity index (χ1v) is 6.14. The molecule has 1 unspecified atom stereocenters. The Hall–Kier alpha value is -1.55. The van der Waals surface area contributed by atoms with Crippen LogP contribution in [0.2, 0.25) is 0 Å². The monoisotopic (exact) mass is 230 g/mol. The van der Waals surface area contributed by atoms with Crippen molar-refractivity contribution in [3.8, 4) is 0 Å². The first-order chi connectivity index (χ1) is 8.24. The van der Waals surface area contributed by atoms with E-state index in [-0.39, 0.29) is 0 Å². The third-order valence-electron chi connectivity index (χ3n) is 3.49.